The fourth-order valence-electron chi connectivity index (χ4n) is 1.39. The first-order valence-electron chi connectivity index (χ1n) is 4.60. The number of hydrogen-bond acceptors (Lipinski definition) is 3. The number of phenols is 1. The third-order valence-electron chi connectivity index (χ3n) is 2.12. The Morgan fingerprint density at radius 3 is 2.53 bits per heavy atom. The molecule has 0 heterocycles. The van der Waals surface area contributed by atoms with E-state index in [-0.39, 0.29) is 18.4 Å². The van der Waals surface area contributed by atoms with Gasteiger partial charge in [0.15, 0.2) is 0 Å². The number of halogens is 2. The minimum Gasteiger partial charge on any atom is -0.508 e. The molecule has 0 aliphatic carbocycles. The molecule has 84 valence electrons. The lowest BCUT2D eigenvalue weighted by Crippen LogP contribution is -2.11. The number of hydrogen-bond donors (Lipinski definition) is 3. The van der Waals surface area contributed by atoms with Crippen LogP contribution in [0.5, 0.6) is 5.75 Å². The summed E-state index contributed by atoms with van der Waals surface area (Å²) in [5.41, 5.74) is 6.32. The van der Waals surface area contributed by atoms with Gasteiger partial charge in [0, 0.05) is 23.2 Å². The molecule has 0 aromatic heterocycles. The first kappa shape index (κ1) is 12.6. The Kier molecular flexibility index (Phi) is 4.67. The Morgan fingerprint density at radius 1 is 1.33 bits per heavy atom. The maximum Gasteiger partial charge on any atom is 0.123 e. The van der Waals surface area contributed by atoms with Gasteiger partial charge in [-0.15, -0.1) is 0 Å². The van der Waals surface area contributed by atoms with Crippen molar-refractivity contribution in [2.45, 2.75) is 18.9 Å². The van der Waals surface area contributed by atoms with Gasteiger partial charge in [-0.1, -0.05) is 23.2 Å². The summed E-state index contributed by atoms with van der Waals surface area (Å²) in [6.07, 6.45) is 1.13. The largest absolute Gasteiger partial charge is 0.508 e. The van der Waals surface area contributed by atoms with Gasteiger partial charge < -0.3 is 15.9 Å². The summed E-state index contributed by atoms with van der Waals surface area (Å²) in [5, 5.41) is 19.0. The summed E-state index contributed by atoms with van der Waals surface area (Å²) in [4.78, 5) is 0. The molecule has 3 nitrogen and oxygen atoms in total. The molecule has 15 heavy (non-hydrogen) atoms. The Balaban J connectivity index is 2.92. The summed E-state index contributed by atoms with van der Waals surface area (Å²) < 4.78 is 0. The minimum absolute atomic E-state index is 0.00191. The van der Waals surface area contributed by atoms with E-state index in [1.165, 1.54) is 12.1 Å². The second-order valence-corrected chi connectivity index (χ2v) is 4.14. The zero-order valence-electron chi connectivity index (χ0n) is 8.08. The second kappa shape index (κ2) is 5.56. The van der Waals surface area contributed by atoms with Gasteiger partial charge in [0.25, 0.3) is 0 Å². The van der Waals surface area contributed by atoms with Gasteiger partial charge in [0.05, 0.1) is 5.02 Å². The molecule has 0 saturated carbocycles. The number of nitrogens with two attached hydrogens (primary N) is 1. The van der Waals surface area contributed by atoms with E-state index in [9.17, 15) is 5.11 Å². The van der Waals surface area contributed by atoms with Crippen LogP contribution in [0.15, 0.2) is 12.1 Å². The van der Waals surface area contributed by atoms with Gasteiger partial charge in [-0.05, 0) is 25.0 Å². The van der Waals surface area contributed by atoms with Crippen LogP contribution in [-0.4, -0.2) is 16.8 Å². The van der Waals surface area contributed by atoms with Crippen molar-refractivity contribution in [2.75, 3.05) is 6.61 Å². The number of benzene rings is 1. The number of rotatable bonds is 4. The molecule has 0 aliphatic rings. The molecule has 0 spiro atoms. The maximum absolute atomic E-state index is 9.63. The van der Waals surface area contributed by atoms with E-state index in [4.69, 9.17) is 34.0 Å². The average molecular weight is 250 g/mol. The zero-order chi connectivity index (χ0) is 11.4. The van der Waals surface area contributed by atoms with E-state index in [0.29, 0.717) is 28.5 Å². The van der Waals surface area contributed by atoms with Gasteiger partial charge in [0.1, 0.15) is 5.75 Å². The van der Waals surface area contributed by atoms with Crippen LogP contribution in [0, 0.1) is 0 Å². The first-order chi connectivity index (χ1) is 7.06. The minimum atomic E-state index is -0.387. The molecule has 0 fully saturated rings. The number of phenolic OH excluding ortho intramolecular Hbond substituents is 1. The van der Waals surface area contributed by atoms with Crippen molar-refractivity contribution in [2.24, 2.45) is 5.73 Å². The highest BCUT2D eigenvalue weighted by molar-refractivity contribution is 6.35. The van der Waals surface area contributed by atoms with Gasteiger partial charge >= 0.3 is 0 Å². The average Bonchev–Trinajstić information content (AvgIpc) is 2.12. The fraction of sp³-hybridized carbons (Fsp3) is 0.400. The topological polar surface area (TPSA) is 66.5 Å². The monoisotopic (exact) mass is 249 g/mol. The lowest BCUT2D eigenvalue weighted by atomic mass is 10.0. The molecule has 4 N–H and O–H groups in total. The Bertz CT molecular complexity index is 321. The first-order valence-corrected chi connectivity index (χ1v) is 5.36. The van der Waals surface area contributed by atoms with Crippen LogP contribution >= 0.6 is 23.2 Å². The molecular weight excluding hydrogens is 237 g/mol. The highest BCUT2D eigenvalue weighted by Crippen LogP contribution is 2.35. The molecule has 5 heteroatoms. The molecular formula is C10H13Cl2NO2. The van der Waals surface area contributed by atoms with Crippen molar-refractivity contribution < 1.29 is 10.2 Å². The smallest absolute Gasteiger partial charge is 0.123 e. The van der Waals surface area contributed by atoms with Crippen LogP contribution in [0.4, 0.5) is 0 Å². The number of aromatic hydroxyl groups is 1. The van der Waals surface area contributed by atoms with Crippen molar-refractivity contribution in [3.05, 3.63) is 27.7 Å². The van der Waals surface area contributed by atoms with Gasteiger partial charge in [0.2, 0.25) is 0 Å². The summed E-state index contributed by atoms with van der Waals surface area (Å²) in [6, 6.07) is 2.56. The molecule has 1 rings (SSSR count). The van der Waals surface area contributed by atoms with E-state index < -0.39 is 0 Å². The highest BCUT2D eigenvalue weighted by atomic mass is 35.5. The summed E-state index contributed by atoms with van der Waals surface area (Å²) in [5.74, 6) is -0.00191. The lowest BCUT2D eigenvalue weighted by molar-refractivity contribution is 0.279. The van der Waals surface area contributed by atoms with Gasteiger partial charge in [-0.2, -0.15) is 0 Å². The van der Waals surface area contributed by atoms with Crippen molar-refractivity contribution in [1.82, 2.24) is 0 Å². The molecule has 0 radical (unpaired) electrons. The van der Waals surface area contributed by atoms with Crippen molar-refractivity contribution >= 4 is 23.2 Å². The van der Waals surface area contributed by atoms with Crippen LogP contribution in [0.1, 0.15) is 24.4 Å². The van der Waals surface area contributed by atoms with Crippen LogP contribution in [0.2, 0.25) is 10.0 Å². The van der Waals surface area contributed by atoms with Crippen LogP contribution < -0.4 is 5.73 Å². The Hall–Kier alpha value is -0.480. The maximum atomic E-state index is 9.63. The summed E-state index contributed by atoms with van der Waals surface area (Å²) >= 11 is 11.6. The standard InChI is InChI=1S/C10H13Cl2NO2/c11-6-4-7(12)10(9(15)5-6)8(13)2-1-3-14/h4-5,8,14-15H,1-3,13H2/t8-/m1/s1. The number of aliphatic hydroxyl groups is 1. The highest BCUT2D eigenvalue weighted by Gasteiger charge is 2.15. The Morgan fingerprint density at radius 2 is 2.00 bits per heavy atom. The predicted molar refractivity (Wildman–Crippen MR) is 61.4 cm³/mol. The van der Waals surface area contributed by atoms with Gasteiger partial charge in [-0.3, -0.25) is 0 Å². The molecule has 0 saturated heterocycles. The second-order valence-electron chi connectivity index (χ2n) is 3.29. The summed E-state index contributed by atoms with van der Waals surface area (Å²) in [6.45, 7) is 0.0691. The lowest BCUT2D eigenvalue weighted by Gasteiger charge is -2.15. The van der Waals surface area contributed by atoms with Crippen molar-refractivity contribution in [3.63, 3.8) is 0 Å². The normalized spacial score (nSPS) is 12.8. The van der Waals surface area contributed by atoms with Crippen molar-refractivity contribution in [1.29, 1.82) is 0 Å². The van der Waals surface area contributed by atoms with E-state index in [2.05, 4.69) is 0 Å². The van der Waals surface area contributed by atoms with Gasteiger partial charge in [-0.25, -0.2) is 0 Å². The van der Waals surface area contributed by atoms with Crippen LogP contribution in [0.25, 0.3) is 0 Å². The SMILES string of the molecule is N[C@H](CCCO)c1c(O)cc(Cl)cc1Cl. The van der Waals surface area contributed by atoms with Crippen LogP contribution in [-0.2, 0) is 0 Å². The quantitative estimate of drug-likeness (QED) is 0.768. The molecule has 1 aromatic rings. The van der Waals surface area contributed by atoms with E-state index in [1.54, 1.807) is 0 Å². The predicted octanol–water partition coefficient (Wildman–Crippen LogP) is 2.47. The zero-order valence-corrected chi connectivity index (χ0v) is 9.59. The molecule has 0 amide bonds. The van der Waals surface area contributed by atoms with E-state index in [0.717, 1.165) is 0 Å². The van der Waals surface area contributed by atoms with Crippen LogP contribution in [0.3, 0.4) is 0 Å². The van der Waals surface area contributed by atoms with Crippen molar-refractivity contribution in [3.8, 4) is 5.75 Å². The fourth-order valence-corrected chi connectivity index (χ4v) is 2.02. The molecule has 0 aliphatic heterocycles. The molecule has 1 atom stereocenters. The summed E-state index contributed by atoms with van der Waals surface area (Å²) in [7, 11) is 0. The third-order valence-corrected chi connectivity index (χ3v) is 2.65. The molecule has 1 aromatic carbocycles. The van der Waals surface area contributed by atoms with E-state index in [1.807, 2.05) is 0 Å². The third kappa shape index (κ3) is 3.24. The number of aliphatic hydroxyl groups excluding tert-OH is 1. The Labute approximate surface area is 98.4 Å². The molecule has 0 bridgehead atoms. The van der Waals surface area contributed by atoms with E-state index >= 15 is 0 Å². The molecule has 0 unspecified atom stereocenters.